The van der Waals surface area contributed by atoms with Crippen LogP contribution in [0.2, 0.25) is 0 Å². The average Bonchev–Trinajstić information content (AvgIpc) is 2.96. The largest absolute Gasteiger partial charge is 0.337 e. The van der Waals surface area contributed by atoms with Crippen molar-refractivity contribution >= 4 is 0 Å². The lowest BCUT2D eigenvalue weighted by Crippen LogP contribution is -2.35. The van der Waals surface area contributed by atoms with Gasteiger partial charge in [0.25, 0.3) is 0 Å². The van der Waals surface area contributed by atoms with Gasteiger partial charge in [-0.3, -0.25) is 0 Å². The van der Waals surface area contributed by atoms with Gasteiger partial charge >= 0.3 is 0 Å². The van der Waals surface area contributed by atoms with Gasteiger partial charge in [0.15, 0.2) is 0 Å². The molecule has 0 spiro atoms. The van der Waals surface area contributed by atoms with Crippen LogP contribution in [0.4, 0.5) is 0 Å². The quantitative estimate of drug-likeness (QED) is 0.758. The number of hydrogen-bond donors (Lipinski definition) is 1. The molecule has 1 aromatic heterocycles. The van der Waals surface area contributed by atoms with Crippen molar-refractivity contribution in [1.82, 2.24) is 19.8 Å². The van der Waals surface area contributed by atoms with Crippen molar-refractivity contribution in [2.24, 2.45) is 7.05 Å². The van der Waals surface area contributed by atoms with E-state index in [4.69, 9.17) is 0 Å². The van der Waals surface area contributed by atoms with Crippen molar-refractivity contribution in [2.75, 3.05) is 20.1 Å². The van der Waals surface area contributed by atoms with E-state index in [-0.39, 0.29) is 0 Å². The molecule has 0 radical (unpaired) electrons. The van der Waals surface area contributed by atoms with Gasteiger partial charge in [-0.15, -0.1) is 0 Å². The van der Waals surface area contributed by atoms with Gasteiger partial charge < -0.3 is 14.8 Å². The van der Waals surface area contributed by atoms with Crippen molar-refractivity contribution in [3.8, 4) is 0 Å². The molecule has 1 aliphatic rings. The number of likely N-dealkylation sites (N-methyl/N-ethyl adjacent to an activating group) is 1. The lowest BCUT2D eigenvalue weighted by molar-refractivity contribution is 0.245. The van der Waals surface area contributed by atoms with E-state index in [1.165, 1.54) is 25.7 Å². The summed E-state index contributed by atoms with van der Waals surface area (Å²) in [5.41, 5.74) is 0. The molecule has 4 nitrogen and oxygen atoms in total. The van der Waals surface area contributed by atoms with Gasteiger partial charge in [0, 0.05) is 38.6 Å². The Labute approximate surface area is 104 Å². The fraction of sp³-hybridized carbons (Fsp3) is 0.769. The minimum atomic E-state index is 0.824. The summed E-state index contributed by atoms with van der Waals surface area (Å²) in [6, 6.07) is 0.824. The molecule has 96 valence electrons. The highest BCUT2D eigenvalue weighted by Gasteiger charge is 2.18. The Morgan fingerprint density at radius 2 is 2.24 bits per heavy atom. The first-order valence-electron chi connectivity index (χ1n) is 6.64. The Morgan fingerprint density at radius 1 is 1.47 bits per heavy atom. The second kappa shape index (κ2) is 6.17. The summed E-state index contributed by atoms with van der Waals surface area (Å²) in [6.07, 6.45) is 9.43. The molecule has 1 heterocycles. The molecule has 0 unspecified atom stereocenters. The molecule has 1 saturated carbocycles. The third kappa shape index (κ3) is 3.54. The maximum atomic E-state index is 4.30. The van der Waals surface area contributed by atoms with E-state index in [2.05, 4.69) is 26.8 Å². The number of nitrogens with one attached hydrogen (secondary N) is 1. The summed E-state index contributed by atoms with van der Waals surface area (Å²) in [5.74, 6) is 1.11. The normalized spacial score (nSPS) is 17.1. The number of aromatic nitrogens is 2. The van der Waals surface area contributed by atoms with Gasteiger partial charge in [0.05, 0.1) is 6.54 Å². The third-order valence-corrected chi connectivity index (χ3v) is 3.79. The van der Waals surface area contributed by atoms with Crippen LogP contribution in [-0.4, -0.2) is 40.6 Å². The molecular weight excluding hydrogens is 212 g/mol. The van der Waals surface area contributed by atoms with E-state index in [1.807, 2.05) is 19.4 Å². The summed E-state index contributed by atoms with van der Waals surface area (Å²) in [7, 11) is 4.28. The highest BCUT2D eigenvalue weighted by Crippen LogP contribution is 2.21. The van der Waals surface area contributed by atoms with Crippen LogP contribution in [0.1, 0.15) is 31.5 Å². The van der Waals surface area contributed by atoms with Crippen molar-refractivity contribution in [3.05, 3.63) is 18.2 Å². The van der Waals surface area contributed by atoms with Crippen LogP contribution in [0, 0.1) is 0 Å². The summed E-state index contributed by atoms with van der Waals surface area (Å²) in [4.78, 5) is 6.80. The Balaban J connectivity index is 1.61. The van der Waals surface area contributed by atoms with E-state index < -0.39 is 0 Å². The number of nitrogens with zero attached hydrogens (tertiary/aromatic N) is 3. The molecule has 1 aromatic rings. The van der Waals surface area contributed by atoms with Crippen LogP contribution in [0.3, 0.4) is 0 Å². The summed E-state index contributed by atoms with van der Waals surface area (Å²) >= 11 is 0. The molecule has 0 saturated heterocycles. The zero-order chi connectivity index (χ0) is 12.1. The standard InChI is InChI=1S/C13H24N4/c1-16(12-5-3-4-6-12)9-7-14-11-13-15-8-10-17(13)2/h8,10,12,14H,3-7,9,11H2,1-2H3. The minimum absolute atomic E-state index is 0.824. The molecule has 0 aliphatic heterocycles. The summed E-state index contributed by atoms with van der Waals surface area (Å²) < 4.78 is 2.06. The van der Waals surface area contributed by atoms with Gasteiger partial charge in [-0.25, -0.2) is 4.98 Å². The minimum Gasteiger partial charge on any atom is -0.337 e. The predicted molar refractivity (Wildman–Crippen MR) is 69.8 cm³/mol. The third-order valence-electron chi connectivity index (χ3n) is 3.79. The van der Waals surface area contributed by atoms with Crippen LogP contribution >= 0.6 is 0 Å². The Hall–Kier alpha value is -0.870. The smallest absolute Gasteiger partial charge is 0.122 e. The molecule has 17 heavy (non-hydrogen) atoms. The fourth-order valence-corrected chi connectivity index (χ4v) is 2.55. The number of rotatable bonds is 6. The first-order valence-corrected chi connectivity index (χ1v) is 6.64. The summed E-state index contributed by atoms with van der Waals surface area (Å²) in [5, 5.41) is 3.46. The molecule has 2 rings (SSSR count). The van der Waals surface area contributed by atoms with Gasteiger partial charge in [-0.2, -0.15) is 0 Å². The molecule has 4 heteroatoms. The molecule has 1 fully saturated rings. The van der Waals surface area contributed by atoms with E-state index in [1.54, 1.807) is 0 Å². The topological polar surface area (TPSA) is 33.1 Å². The zero-order valence-electron chi connectivity index (χ0n) is 11.0. The monoisotopic (exact) mass is 236 g/mol. The van der Waals surface area contributed by atoms with E-state index in [9.17, 15) is 0 Å². The van der Waals surface area contributed by atoms with Gasteiger partial charge in [0.2, 0.25) is 0 Å². The van der Waals surface area contributed by atoms with Crippen molar-refractivity contribution < 1.29 is 0 Å². The van der Waals surface area contributed by atoms with Crippen molar-refractivity contribution in [3.63, 3.8) is 0 Å². The SMILES string of the molecule is CN(CCNCc1nccn1C)C1CCCC1. The first-order chi connectivity index (χ1) is 8.27. The Kier molecular flexibility index (Phi) is 4.57. The number of hydrogen-bond acceptors (Lipinski definition) is 3. The first kappa shape index (κ1) is 12.6. The summed E-state index contributed by atoms with van der Waals surface area (Å²) in [6.45, 7) is 3.04. The van der Waals surface area contributed by atoms with Crippen LogP contribution in [0.25, 0.3) is 0 Å². The van der Waals surface area contributed by atoms with Gasteiger partial charge in [-0.1, -0.05) is 12.8 Å². The average molecular weight is 236 g/mol. The zero-order valence-corrected chi connectivity index (χ0v) is 11.0. The predicted octanol–water partition coefficient (Wildman–Crippen LogP) is 1.38. The molecule has 1 aliphatic carbocycles. The number of aryl methyl sites for hydroxylation is 1. The second-order valence-corrected chi connectivity index (χ2v) is 5.05. The molecule has 0 aromatic carbocycles. The van der Waals surface area contributed by atoms with Crippen molar-refractivity contribution in [2.45, 2.75) is 38.3 Å². The van der Waals surface area contributed by atoms with E-state index >= 15 is 0 Å². The molecule has 0 atom stereocenters. The van der Waals surface area contributed by atoms with Crippen LogP contribution < -0.4 is 5.32 Å². The maximum absolute atomic E-state index is 4.30. The molecule has 1 N–H and O–H groups in total. The molecule has 0 bridgehead atoms. The lowest BCUT2D eigenvalue weighted by Gasteiger charge is -2.23. The Morgan fingerprint density at radius 3 is 2.88 bits per heavy atom. The van der Waals surface area contributed by atoms with Gasteiger partial charge in [0.1, 0.15) is 5.82 Å². The maximum Gasteiger partial charge on any atom is 0.122 e. The van der Waals surface area contributed by atoms with Crippen LogP contribution in [-0.2, 0) is 13.6 Å². The van der Waals surface area contributed by atoms with Gasteiger partial charge in [-0.05, 0) is 19.9 Å². The van der Waals surface area contributed by atoms with Crippen LogP contribution in [0.5, 0.6) is 0 Å². The van der Waals surface area contributed by atoms with E-state index in [0.717, 1.165) is 31.5 Å². The second-order valence-electron chi connectivity index (χ2n) is 5.05. The molecule has 0 amide bonds. The van der Waals surface area contributed by atoms with E-state index in [0.29, 0.717) is 0 Å². The van der Waals surface area contributed by atoms with Crippen LogP contribution in [0.15, 0.2) is 12.4 Å². The highest BCUT2D eigenvalue weighted by molar-refractivity contribution is 4.90. The Bertz CT molecular complexity index is 328. The highest BCUT2D eigenvalue weighted by atomic mass is 15.1. The van der Waals surface area contributed by atoms with Crippen molar-refractivity contribution in [1.29, 1.82) is 0 Å². The number of imidazole rings is 1. The lowest BCUT2D eigenvalue weighted by atomic mass is 10.2. The fourth-order valence-electron chi connectivity index (χ4n) is 2.55. The molecular formula is C13H24N4.